The van der Waals surface area contributed by atoms with Crippen LogP contribution in [0.25, 0.3) is 0 Å². The molecule has 0 amide bonds. The molecule has 5 nitrogen and oxygen atoms in total. The first kappa shape index (κ1) is 13.8. The van der Waals surface area contributed by atoms with E-state index in [1.807, 2.05) is 0 Å². The molecule has 1 aromatic rings. The first-order valence-electron chi connectivity index (χ1n) is 7.06. The fourth-order valence-corrected chi connectivity index (χ4v) is 2.85. The van der Waals surface area contributed by atoms with Gasteiger partial charge in [-0.25, -0.2) is 4.98 Å². The Balaban J connectivity index is 1.94. The Labute approximate surface area is 113 Å². The molecule has 0 saturated heterocycles. The highest BCUT2D eigenvalue weighted by atomic mass is 16.6. The van der Waals surface area contributed by atoms with E-state index >= 15 is 0 Å². The van der Waals surface area contributed by atoms with Gasteiger partial charge in [0.25, 0.3) is 0 Å². The Morgan fingerprint density at radius 2 is 2.16 bits per heavy atom. The van der Waals surface area contributed by atoms with Gasteiger partial charge in [0.1, 0.15) is 0 Å². The number of rotatable bonds is 5. The first-order chi connectivity index (χ1) is 9.20. The van der Waals surface area contributed by atoms with Gasteiger partial charge in [0, 0.05) is 18.3 Å². The van der Waals surface area contributed by atoms with E-state index in [9.17, 15) is 10.1 Å². The maximum atomic E-state index is 10.9. The van der Waals surface area contributed by atoms with Crippen LogP contribution in [0.4, 0.5) is 11.5 Å². The number of nitro groups is 1. The lowest BCUT2D eigenvalue weighted by Crippen LogP contribution is -2.26. The van der Waals surface area contributed by atoms with Crippen molar-refractivity contribution in [2.24, 2.45) is 5.92 Å². The van der Waals surface area contributed by atoms with E-state index in [-0.39, 0.29) is 10.6 Å². The number of aromatic nitrogens is 1. The SMILES string of the molecule is CCCC1CCC(Nc2ncccc2[N+](=O)[O-])CC1. The smallest absolute Gasteiger partial charge is 0.311 e. The zero-order valence-corrected chi connectivity index (χ0v) is 11.3. The summed E-state index contributed by atoms with van der Waals surface area (Å²) in [5.41, 5.74) is 0.0678. The Morgan fingerprint density at radius 3 is 2.79 bits per heavy atom. The molecule has 1 aliphatic carbocycles. The monoisotopic (exact) mass is 263 g/mol. The quantitative estimate of drug-likeness (QED) is 0.648. The largest absolute Gasteiger partial charge is 0.362 e. The molecule has 0 bridgehead atoms. The van der Waals surface area contributed by atoms with Crippen LogP contribution in [-0.4, -0.2) is 15.9 Å². The minimum absolute atomic E-state index is 0.0678. The highest BCUT2D eigenvalue weighted by molar-refractivity contribution is 5.55. The fraction of sp³-hybridized carbons (Fsp3) is 0.643. The standard InChI is InChI=1S/C14H21N3O2/c1-2-4-11-6-8-12(9-7-11)16-14-13(17(18)19)5-3-10-15-14/h3,5,10-12H,2,4,6-9H2,1H3,(H,15,16). The Bertz CT molecular complexity index is 428. The molecule has 104 valence electrons. The predicted octanol–water partition coefficient (Wildman–Crippen LogP) is 3.76. The number of hydrogen-bond acceptors (Lipinski definition) is 4. The second kappa shape index (κ2) is 6.50. The van der Waals surface area contributed by atoms with Gasteiger partial charge in [-0.1, -0.05) is 19.8 Å². The van der Waals surface area contributed by atoms with Gasteiger partial charge in [-0.05, 0) is 37.7 Å². The summed E-state index contributed by atoms with van der Waals surface area (Å²) in [6, 6.07) is 3.42. The van der Waals surface area contributed by atoms with Gasteiger partial charge in [0.2, 0.25) is 5.82 Å². The van der Waals surface area contributed by atoms with Gasteiger partial charge in [0.15, 0.2) is 0 Å². The summed E-state index contributed by atoms with van der Waals surface area (Å²) >= 11 is 0. The minimum atomic E-state index is -0.377. The molecule has 0 radical (unpaired) electrons. The summed E-state index contributed by atoms with van der Waals surface area (Å²) in [6.07, 6.45) is 8.73. The van der Waals surface area contributed by atoms with E-state index in [0.717, 1.165) is 18.8 Å². The van der Waals surface area contributed by atoms with E-state index in [1.165, 1.54) is 31.7 Å². The summed E-state index contributed by atoms with van der Waals surface area (Å²) in [7, 11) is 0. The molecule has 1 saturated carbocycles. The van der Waals surface area contributed by atoms with Gasteiger partial charge in [0.05, 0.1) is 4.92 Å². The van der Waals surface area contributed by atoms with Crippen molar-refractivity contribution in [1.82, 2.24) is 4.98 Å². The number of nitrogens with zero attached hydrogens (tertiary/aromatic N) is 2. The Kier molecular flexibility index (Phi) is 4.71. The average molecular weight is 263 g/mol. The molecule has 1 N–H and O–H groups in total. The number of pyridine rings is 1. The summed E-state index contributed by atoms with van der Waals surface area (Å²) in [5, 5.41) is 14.2. The summed E-state index contributed by atoms with van der Waals surface area (Å²) in [4.78, 5) is 14.6. The van der Waals surface area contributed by atoms with Crippen LogP contribution in [0.2, 0.25) is 0 Å². The Morgan fingerprint density at radius 1 is 1.42 bits per heavy atom. The summed E-state index contributed by atoms with van der Waals surface area (Å²) < 4.78 is 0. The molecule has 1 aromatic heterocycles. The van der Waals surface area contributed by atoms with Crippen LogP contribution in [0, 0.1) is 16.0 Å². The van der Waals surface area contributed by atoms with Crippen molar-refractivity contribution in [2.45, 2.75) is 51.5 Å². The van der Waals surface area contributed by atoms with E-state index in [1.54, 1.807) is 12.3 Å². The second-order valence-corrected chi connectivity index (χ2v) is 5.28. The van der Waals surface area contributed by atoms with E-state index in [4.69, 9.17) is 0 Å². The van der Waals surface area contributed by atoms with E-state index in [2.05, 4.69) is 17.2 Å². The normalized spacial score (nSPS) is 23.0. The van der Waals surface area contributed by atoms with Crippen LogP contribution in [-0.2, 0) is 0 Å². The van der Waals surface area contributed by atoms with Crippen LogP contribution in [0.15, 0.2) is 18.3 Å². The van der Waals surface area contributed by atoms with Crippen LogP contribution >= 0.6 is 0 Å². The van der Waals surface area contributed by atoms with Crippen LogP contribution in [0.1, 0.15) is 45.4 Å². The molecule has 0 atom stereocenters. The first-order valence-corrected chi connectivity index (χ1v) is 7.06. The maximum absolute atomic E-state index is 10.9. The van der Waals surface area contributed by atoms with Gasteiger partial charge in [-0.15, -0.1) is 0 Å². The lowest BCUT2D eigenvalue weighted by molar-refractivity contribution is -0.384. The van der Waals surface area contributed by atoms with Crippen LogP contribution < -0.4 is 5.32 Å². The molecule has 1 heterocycles. The third-order valence-electron chi connectivity index (χ3n) is 3.87. The molecule has 1 fully saturated rings. The van der Waals surface area contributed by atoms with Gasteiger partial charge < -0.3 is 5.32 Å². The molecule has 0 spiro atoms. The van der Waals surface area contributed by atoms with Gasteiger partial charge in [-0.2, -0.15) is 0 Å². The third kappa shape index (κ3) is 3.66. The zero-order valence-electron chi connectivity index (χ0n) is 11.3. The van der Waals surface area contributed by atoms with Crippen molar-refractivity contribution in [3.05, 3.63) is 28.4 Å². The molecular weight excluding hydrogens is 242 g/mol. The lowest BCUT2D eigenvalue weighted by atomic mass is 9.83. The zero-order chi connectivity index (χ0) is 13.7. The fourth-order valence-electron chi connectivity index (χ4n) is 2.85. The van der Waals surface area contributed by atoms with Crippen LogP contribution in [0.3, 0.4) is 0 Å². The van der Waals surface area contributed by atoms with Crippen molar-refractivity contribution in [3.8, 4) is 0 Å². The second-order valence-electron chi connectivity index (χ2n) is 5.28. The number of nitrogens with one attached hydrogen (secondary N) is 1. The number of hydrogen-bond donors (Lipinski definition) is 1. The van der Waals surface area contributed by atoms with E-state index < -0.39 is 0 Å². The summed E-state index contributed by atoms with van der Waals surface area (Å²) in [5.74, 6) is 1.24. The topological polar surface area (TPSA) is 68.1 Å². The van der Waals surface area contributed by atoms with Crippen LogP contribution in [0.5, 0.6) is 0 Å². The Hall–Kier alpha value is -1.65. The van der Waals surface area contributed by atoms with Gasteiger partial charge in [-0.3, -0.25) is 10.1 Å². The molecule has 19 heavy (non-hydrogen) atoms. The number of anilines is 1. The maximum Gasteiger partial charge on any atom is 0.311 e. The van der Waals surface area contributed by atoms with Crippen molar-refractivity contribution in [2.75, 3.05) is 5.32 Å². The van der Waals surface area contributed by atoms with Crippen molar-refractivity contribution < 1.29 is 4.92 Å². The molecule has 0 aliphatic heterocycles. The molecule has 0 aromatic carbocycles. The molecular formula is C14H21N3O2. The average Bonchev–Trinajstić information content (AvgIpc) is 2.42. The minimum Gasteiger partial charge on any atom is -0.362 e. The van der Waals surface area contributed by atoms with Gasteiger partial charge >= 0.3 is 5.69 Å². The van der Waals surface area contributed by atoms with E-state index in [0.29, 0.717) is 11.9 Å². The highest BCUT2D eigenvalue weighted by Crippen LogP contribution is 2.30. The molecule has 0 unspecified atom stereocenters. The highest BCUT2D eigenvalue weighted by Gasteiger charge is 2.23. The molecule has 2 rings (SSSR count). The van der Waals surface area contributed by atoms with Crippen molar-refractivity contribution in [3.63, 3.8) is 0 Å². The molecule has 1 aliphatic rings. The molecule has 5 heteroatoms. The van der Waals surface area contributed by atoms with Crippen molar-refractivity contribution >= 4 is 11.5 Å². The summed E-state index contributed by atoms with van der Waals surface area (Å²) in [6.45, 7) is 2.22. The van der Waals surface area contributed by atoms with Crippen molar-refractivity contribution in [1.29, 1.82) is 0 Å². The lowest BCUT2D eigenvalue weighted by Gasteiger charge is -2.29. The third-order valence-corrected chi connectivity index (χ3v) is 3.87. The predicted molar refractivity (Wildman–Crippen MR) is 75.2 cm³/mol.